The van der Waals surface area contributed by atoms with Gasteiger partial charge in [-0.3, -0.25) is 0 Å². The first kappa shape index (κ1) is 18.6. The van der Waals surface area contributed by atoms with Crippen LogP contribution in [0.2, 0.25) is 0 Å². The minimum atomic E-state index is -0.284. The highest BCUT2D eigenvalue weighted by Gasteiger charge is 2.60. The Hall–Kier alpha value is -0.380. The molecule has 1 aliphatic heterocycles. The molecule has 5 aliphatic rings. The van der Waals surface area contributed by atoms with E-state index in [0.717, 1.165) is 56.8 Å². The van der Waals surface area contributed by atoms with Crippen molar-refractivity contribution >= 4 is 0 Å². The van der Waals surface area contributed by atoms with E-state index in [9.17, 15) is 0 Å². The van der Waals surface area contributed by atoms with Crippen LogP contribution in [0, 0.1) is 28.6 Å². The third-order valence-corrected chi connectivity index (χ3v) is 9.36. The Morgan fingerprint density at radius 1 is 1.04 bits per heavy atom. The van der Waals surface area contributed by atoms with Gasteiger partial charge in [0.1, 0.15) is 0 Å². The fourth-order valence-corrected chi connectivity index (χ4v) is 7.83. The summed E-state index contributed by atoms with van der Waals surface area (Å²) >= 11 is 0. The van der Waals surface area contributed by atoms with Gasteiger partial charge in [0.25, 0.3) is 0 Å². The summed E-state index contributed by atoms with van der Waals surface area (Å²) in [6.07, 6.45) is 14.2. The zero-order valence-electron chi connectivity index (χ0n) is 17.6. The van der Waals surface area contributed by atoms with Crippen LogP contribution in [0.25, 0.3) is 0 Å². The van der Waals surface area contributed by atoms with Gasteiger partial charge < -0.3 is 14.2 Å². The summed E-state index contributed by atoms with van der Waals surface area (Å²) in [5.74, 6) is 2.27. The summed E-state index contributed by atoms with van der Waals surface area (Å²) in [5, 5.41) is 0. The van der Waals surface area contributed by atoms with Crippen LogP contribution in [0.1, 0.15) is 78.6 Å². The molecule has 0 bridgehead atoms. The van der Waals surface area contributed by atoms with Gasteiger partial charge in [-0.05, 0) is 73.5 Å². The van der Waals surface area contributed by atoms with Crippen molar-refractivity contribution in [2.75, 3.05) is 19.8 Å². The van der Waals surface area contributed by atoms with E-state index in [1.54, 1.807) is 5.57 Å². The summed E-state index contributed by atoms with van der Waals surface area (Å²) in [7, 11) is 0. The maximum absolute atomic E-state index is 6.35. The molecule has 1 saturated heterocycles. The van der Waals surface area contributed by atoms with Gasteiger partial charge >= 0.3 is 0 Å². The van der Waals surface area contributed by atoms with E-state index in [2.05, 4.69) is 26.8 Å². The lowest BCUT2D eigenvalue weighted by Crippen LogP contribution is -2.53. The highest BCUT2D eigenvalue weighted by Crippen LogP contribution is 2.66. The molecule has 0 radical (unpaired) electrons. The van der Waals surface area contributed by atoms with Crippen LogP contribution in [0.4, 0.5) is 0 Å². The second-order valence-corrected chi connectivity index (χ2v) is 10.5. The highest BCUT2D eigenvalue weighted by atomic mass is 16.7. The SMILES string of the molecule is CCCO[C@@H]1CC[C@H]2[C@H]3CC=C4CC5(CC[C@]4(C)[C@@H]3CC[C@]12C)OCCO5. The molecule has 3 nitrogen and oxygen atoms in total. The minimum Gasteiger partial charge on any atom is -0.378 e. The maximum atomic E-state index is 6.35. The first-order valence-corrected chi connectivity index (χ1v) is 11.6. The van der Waals surface area contributed by atoms with E-state index in [1.165, 1.54) is 38.5 Å². The van der Waals surface area contributed by atoms with E-state index in [-0.39, 0.29) is 5.79 Å². The Morgan fingerprint density at radius 3 is 2.63 bits per heavy atom. The number of ether oxygens (including phenoxy) is 3. The first-order valence-electron chi connectivity index (χ1n) is 11.6. The van der Waals surface area contributed by atoms with Crippen LogP contribution in [0.3, 0.4) is 0 Å². The van der Waals surface area contributed by atoms with Crippen molar-refractivity contribution < 1.29 is 14.2 Å². The van der Waals surface area contributed by atoms with E-state index in [4.69, 9.17) is 14.2 Å². The molecule has 3 saturated carbocycles. The Labute approximate surface area is 165 Å². The van der Waals surface area contributed by atoms with Crippen LogP contribution in [-0.2, 0) is 14.2 Å². The Bertz CT molecular complexity index is 607. The lowest BCUT2D eigenvalue weighted by atomic mass is 9.47. The Kier molecular flexibility index (Phi) is 4.53. The molecule has 6 atom stereocenters. The van der Waals surface area contributed by atoms with Gasteiger partial charge in [0.2, 0.25) is 0 Å². The maximum Gasteiger partial charge on any atom is 0.172 e. The van der Waals surface area contributed by atoms with Gasteiger partial charge in [-0.2, -0.15) is 0 Å². The van der Waals surface area contributed by atoms with Gasteiger partial charge in [0.05, 0.1) is 19.3 Å². The molecule has 1 spiro atoms. The number of rotatable bonds is 3. The molecule has 0 aromatic rings. The molecule has 3 heteroatoms. The lowest BCUT2D eigenvalue weighted by Gasteiger charge is -2.58. The molecular weight excluding hydrogens is 336 g/mol. The van der Waals surface area contributed by atoms with E-state index < -0.39 is 0 Å². The quantitative estimate of drug-likeness (QED) is 0.612. The van der Waals surface area contributed by atoms with Crippen molar-refractivity contribution in [2.45, 2.75) is 90.4 Å². The van der Waals surface area contributed by atoms with Crippen LogP contribution in [0.15, 0.2) is 11.6 Å². The van der Waals surface area contributed by atoms with Crippen LogP contribution in [-0.4, -0.2) is 31.7 Å². The molecule has 0 aromatic heterocycles. The predicted molar refractivity (Wildman–Crippen MR) is 106 cm³/mol. The Balaban J connectivity index is 1.39. The van der Waals surface area contributed by atoms with Gasteiger partial charge in [-0.25, -0.2) is 0 Å². The van der Waals surface area contributed by atoms with Crippen molar-refractivity contribution in [2.24, 2.45) is 28.6 Å². The fraction of sp³-hybridized carbons (Fsp3) is 0.917. The molecule has 0 N–H and O–H groups in total. The van der Waals surface area contributed by atoms with Crippen molar-refractivity contribution in [3.8, 4) is 0 Å². The fourth-order valence-electron chi connectivity index (χ4n) is 7.83. The van der Waals surface area contributed by atoms with Crippen LogP contribution in [0.5, 0.6) is 0 Å². The predicted octanol–water partition coefficient (Wildman–Crippen LogP) is 5.49. The molecule has 0 aromatic carbocycles. The molecule has 0 amide bonds. The molecule has 27 heavy (non-hydrogen) atoms. The lowest BCUT2D eigenvalue weighted by molar-refractivity contribution is -0.186. The summed E-state index contributed by atoms with van der Waals surface area (Å²) in [5.41, 5.74) is 2.43. The zero-order chi connectivity index (χ0) is 18.7. The van der Waals surface area contributed by atoms with Crippen molar-refractivity contribution in [3.05, 3.63) is 11.6 Å². The molecule has 4 fully saturated rings. The standard InChI is InChI=1S/C24H38O3/c1-4-13-25-21-8-7-19-18-6-5-17-16-24(26-14-15-27-24)12-11-22(17,2)20(18)9-10-23(19,21)3/h5,18-21H,4,6-16H2,1-3H3/t18-,19+,20-,21-,22+,23+/m1/s1. The largest absolute Gasteiger partial charge is 0.378 e. The number of allylic oxidation sites excluding steroid dienone is 1. The second-order valence-electron chi connectivity index (χ2n) is 10.5. The van der Waals surface area contributed by atoms with Crippen LogP contribution >= 0.6 is 0 Å². The van der Waals surface area contributed by atoms with Gasteiger partial charge in [-0.15, -0.1) is 0 Å². The number of hydrogen-bond acceptors (Lipinski definition) is 3. The monoisotopic (exact) mass is 374 g/mol. The zero-order valence-corrected chi connectivity index (χ0v) is 17.6. The van der Waals surface area contributed by atoms with E-state index >= 15 is 0 Å². The normalized spacial score (nSPS) is 48.0. The van der Waals surface area contributed by atoms with Gasteiger partial charge in [0, 0.05) is 19.4 Å². The van der Waals surface area contributed by atoms with Gasteiger partial charge in [0.15, 0.2) is 5.79 Å². The molecule has 152 valence electrons. The highest BCUT2D eigenvalue weighted by molar-refractivity contribution is 5.26. The number of hydrogen-bond donors (Lipinski definition) is 0. The second kappa shape index (κ2) is 6.57. The van der Waals surface area contributed by atoms with Crippen LogP contribution < -0.4 is 0 Å². The topological polar surface area (TPSA) is 27.7 Å². The molecule has 4 aliphatic carbocycles. The van der Waals surface area contributed by atoms with Crippen molar-refractivity contribution in [1.29, 1.82) is 0 Å². The molecule has 0 unspecified atom stereocenters. The third-order valence-electron chi connectivity index (χ3n) is 9.36. The smallest absolute Gasteiger partial charge is 0.172 e. The summed E-state index contributed by atoms with van der Waals surface area (Å²) in [4.78, 5) is 0. The average molecular weight is 375 g/mol. The Morgan fingerprint density at radius 2 is 1.85 bits per heavy atom. The molecule has 1 heterocycles. The minimum absolute atomic E-state index is 0.284. The average Bonchev–Trinajstić information content (AvgIpc) is 3.25. The molecule has 5 rings (SSSR count). The molecular formula is C24H38O3. The summed E-state index contributed by atoms with van der Waals surface area (Å²) in [6.45, 7) is 9.84. The van der Waals surface area contributed by atoms with E-state index in [1.807, 2.05) is 0 Å². The third kappa shape index (κ3) is 2.71. The summed E-state index contributed by atoms with van der Waals surface area (Å²) < 4.78 is 18.5. The first-order chi connectivity index (χ1) is 13.0. The van der Waals surface area contributed by atoms with E-state index in [0.29, 0.717) is 16.9 Å². The number of fused-ring (bicyclic) bond motifs is 5. The van der Waals surface area contributed by atoms with Gasteiger partial charge in [-0.1, -0.05) is 32.4 Å². The summed E-state index contributed by atoms with van der Waals surface area (Å²) in [6, 6.07) is 0. The van der Waals surface area contributed by atoms with Crippen molar-refractivity contribution in [1.82, 2.24) is 0 Å². The van der Waals surface area contributed by atoms with Crippen molar-refractivity contribution in [3.63, 3.8) is 0 Å².